The molecule has 1 saturated heterocycles. The number of nitrogens with zero attached hydrogens (tertiary/aromatic N) is 1. The molecule has 0 aliphatic carbocycles. The summed E-state index contributed by atoms with van der Waals surface area (Å²) in [7, 11) is 0. The summed E-state index contributed by atoms with van der Waals surface area (Å²) in [5.41, 5.74) is 0. The van der Waals surface area contributed by atoms with Gasteiger partial charge < -0.3 is 15.2 Å². The molecular formula is C10H20N2O3. The molecule has 5 heteroatoms. The Morgan fingerprint density at radius 2 is 2.20 bits per heavy atom. The molecule has 15 heavy (non-hydrogen) atoms. The monoisotopic (exact) mass is 216 g/mol. The average molecular weight is 216 g/mol. The van der Waals surface area contributed by atoms with E-state index in [-0.39, 0.29) is 12.5 Å². The fraction of sp³-hybridized carbons (Fsp3) is 0.900. The van der Waals surface area contributed by atoms with Crippen molar-refractivity contribution in [3.8, 4) is 0 Å². The van der Waals surface area contributed by atoms with E-state index in [1.54, 1.807) is 0 Å². The lowest BCUT2D eigenvalue weighted by Gasteiger charge is -2.27. The van der Waals surface area contributed by atoms with Gasteiger partial charge in [-0.1, -0.05) is 0 Å². The van der Waals surface area contributed by atoms with Gasteiger partial charge in [0.1, 0.15) is 0 Å². The molecule has 0 aromatic rings. The zero-order chi connectivity index (χ0) is 11.1. The molecule has 0 spiro atoms. The van der Waals surface area contributed by atoms with Gasteiger partial charge in [0.25, 0.3) is 0 Å². The van der Waals surface area contributed by atoms with Crippen LogP contribution in [-0.2, 0) is 9.53 Å². The van der Waals surface area contributed by atoms with Crippen molar-refractivity contribution in [1.29, 1.82) is 0 Å². The Bertz CT molecular complexity index is 193. The predicted molar refractivity (Wildman–Crippen MR) is 57.0 cm³/mol. The minimum absolute atomic E-state index is 0.0449. The molecule has 5 nitrogen and oxygen atoms in total. The van der Waals surface area contributed by atoms with E-state index in [0.29, 0.717) is 0 Å². The Morgan fingerprint density at radius 3 is 2.80 bits per heavy atom. The summed E-state index contributed by atoms with van der Waals surface area (Å²) in [5, 5.41) is 11.8. The van der Waals surface area contributed by atoms with Gasteiger partial charge in [0, 0.05) is 32.2 Å². The van der Waals surface area contributed by atoms with Crippen LogP contribution < -0.4 is 5.32 Å². The molecule has 0 aromatic heterocycles. The van der Waals surface area contributed by atoms with Crippen molar-refractivity contribution < 1.29 is 14.6 Å². The Kier molecular flexibility index (Phi) is 5.60. The normalized spacial score (nSPS) is 20.1. The van der Waals surface area contributed by atoms with Crippen molar-refractivity contribution in [1.82, 2.24) is 10.2 Å². The quantitative estimate of drug-likeness (QED) is 0.642. The molecule has 0 radical (unpaired) electrons. The van der Waals surface area contributed by atoms with Gasteiger partial charge in [-0.2, -0.15) is 0 Å². The van der Waals surface area contributed by atoms with Crippen LogP contribution in [0.15, 0.2) is 0 Å². The van der Waals surface area contributed by atoms with Crippen LogP contribution in [0.2, 0.25) is 0 Å². The molecule has 0 saturated carbocycles. The van der Waals surface area contributed by atoms with Crippen LogP contribution in [0, 0.1) is 0 Å². The fourth-order valence-corrected chi connectivity index (χ4v) is 1.63. The third-order valence-electron chi connectivity index (χ3n) is 2.51. The molecule has 88 valence electrons. The summed E-state index contributed by atoms with van der Waals surface area (Å²) in [5.74, 6) is -0.749. The van der Waals surface area contributed by atoms with Gasteiger partial charge in [-0.3, -0.25) is 9.69 Å². The number of nitrogens with one attached hydrogen (secondary N) is 1. The maximum Gasteiger partial charge on any atom is 0.304 e. The van der Waals surface area contributed by atoms with E-state index < -0.39 is 5.97 Å². The van der Waals surface area contributed by atoms with Gasteiger partial charge >= 0.3 is 5.97 Å². The summed E-state index contributed by atoms with van der Waals surface area (Å²) in [6.07, 6.45) is 0.184. The second-order valence-corrected chi connectivity index (χ2v) is 3.91. The minimum Gasteiger partial charge on any atom is -0.481 e. The lowest BCUT2D eigenvalue weighted by Crippen LogP contribution is -2.42. The highest BCUT2D eigenvalue weighted by Gasteiger charge is 2.11. The smallest absolute Gasteiger partial charge is 0.304 e. The van der Waals surface area contributed by atoms with Crippen molar-refractivity contribution in [2.24, 2.45) is 0 Å². The van der Waals surface area contributed by atoms with E-state index in [1.807, 2.05) is 6.92 Å². The topological polar surface area (TPSA) is 61.8 Å². The number of carboxylic acid groups (broad SMARTS) is 1. The fourth-order valence-electron chi connectivity index (χ4n) is 1.63. The largest absolute Gasteiger partial charge is 0.481 e. The summed E-state index contributed by atoms with van der Waals surface area (Å²) in [6, 6.07) is 0.0449. The van der Waals surface area contributed by atoms with E-state index in [0.717, 1.165) is 39.4 Å². The molecular weight excluding hydrogens is 196 g/mol. The molecule has 1 aliphatic heterocycles. The number of hydrogen-bond acceptors (Lipinski definition) is 4. The van der Waals surface area contributed by atoms with Crippen LogP contribution in [0.4, 0.5) is 0 Å². The van der Waals surface area contributed by atoms with Gasteiger partial charge in [-0.15, -0.1) is 0 Å². The highest BCUT2D eigenvalue weighted by molar-refractivity contribution is 5.67. The van der Waals surface area contributed by atoms with Crippen LogP contribution in [0.25, 0.3) is 0 Å². The highest BCUT2D eigenvalue weighted by Crippen LogP contribution is 1.95. The zero-order valence-electron chi connectivity index (χ0n) is 9.24. The summed E-state index contributed by atoms with van der Waals surface area (Å²) >= 11 is 0. The van der Waals surface area contributed by atoms with Crippen molar-refractivity contribution in [3.05, 3.63) is 0 Å². The third-order valence-corrected chi connectivity index (χ3v) is 2.51. The van der Waals surface area contributed by atoms with Crippen LogP contribution in [0.3, 0.4) is 0 Å². The van der Waals surface area contributed by atoms with E-state index in [1.165, 1.54) is 0 Å². The standard InChI is InChI=1S/C10H20N2O3/c1-9(8-10(13)14)11-2-3-12-4-6-15-7-5-12/h9,11H,2-8H2,1H3,(H,13,14). The van der Waals surface area contributed by atoms with Crippen LogP contribution in [-0.4, -0.2) is 61.4 Å². The Balaban J connectivity index is 2.02. The molecule has 1 heterocycles. The first-order valence-electron chi connectivity index (χ1n) is 5.44. The Morgan fingerprint density at radius 1 is 1.53 bits per heavy atom. The van der Waals surface area contributed by atoms with Crippen molar-refractivity contribution >= 4 is 5.97 Å². The molecule has 0 bridgehead atoms. The number of ether oxygens (including phenoxy) is 1. The van der Waals surface area contributed by atoms with E-state index >= 15 is 0 Å². The summed E-state index contributed by atoms with van der Waals surface area (Å²) in [6.45, 7) is 7.29. The van der Waals surface area contributed by atoms with Crippen molar-refractivity contribution in [3.63, 3.8) is 0 Å². The molecule has 0 aromatic carbocycles. The van der Waals surface area contributed by atoms with Gasteiger partial charge in [0.05, 0.1) is 19.6 Å². The number of rotatable bonds is 6. The SMILES string of the molecule is CC(CC(=O)O)NCCN1CCOCC1. The van der Waals surface area contributed by atoms with Gasteiger partial charge in [-0.25, -0.2) is 0 Å². The van der Waals surface area contributed by atoms with Crippen LogP contribution in [0.1, 0.15) is 13.3 Å². The molecule has 1 atom stereocenters. The molecule has 1 rings (SSSR count). The number of carboxylic acids is 1. The average Bonchev–Trinajstić information content (AvgIpc) is 2.18. The first-order valence-corrected chi connectivity index (χ1v) is 5.44. The summed E-state index contributed by atoms with van der Waals surface area (Å²) in [4.78, 5) is 12.7. The first kappa shape index (κ1) is 12.4. The lowest BCUT2D eigenvalue weighted by atomic mass is 10.2. The molecule has 0 amide bonds. The van der Waals surface area contributed by atoms with Crippen LogP contribution in [0.5, 0.6) is 0 Å². The maximum absolute atomic E-state index is 10.4. The number of aliphatic carboxylic acids is 1. The zero-order valence-corrected chi connectivity index (χ0v) is 9.24. The molecule has 1 unspecified atom stereocenters. The van der Waals surface area contributed by atoms with E-state index in [9.17, 15) is 4.79 Å². The number of hydrogen-bond donors (Lipinski definition) is 2. The Hall–Kier alpha value is -0.650. The second kappa shape index (κ2) is 6.76. The minimum atomic E-state index is -0.749. The third kappa shape index (κ3) is 5.71. The van der Waals surface area contributed by atoms with E-state index in [2.05, 4.69) is 10.2 Å². The van der Waals surface area contributed by atoms with Gasteiger partial charge in [0.2, 0.25) is 0 Å². The second-order valence-electron chi connectivity index (χ2n) is 3.91. The lowest BCUT2D eigenvalue weighted by molar-refractivity contribution is -0.137. The number of carbonyl (C=O) groups is 1. The maximum atomic E-state index is 10.4. The van der Waals surface area contributed by atoms with E-state index in [4.69, 9.17) is 9.84 Å². The number of morpholine rings is 1. The highest BCUT2D eigenvalue weighted by atomic mass is 16.5. The van der Waals surface area contributed by atoms with Crippen molar-refractivity contribution in [2.75, 3.05) is 39.4 Å². The first-order chi connectivity index (χ1) is 7.18. The van der Waals surface area contributed by atoms with Crippen LogP contribution >= 0.6 is 0 Å². The van der Waals surface area contributed by atoms with Gasteiger partial charge in [-0.05, 0) is 6.92 Å². The molecule has 2 N–H and O–H groups in total. The van der Waals surface area contributed by atoms with Gasteiger partial charge in [0.15, 0.2) is 0 Å². The predicted octanol–water partition coefficient (Wildman–Crippen LogP) is -0.229. The molecule has 1 aliphatic rings. The molecule has 1 fully saturated rings. The summed E-state index contributed by atoms with van der Waals surface area (Å²) < 4.78 is 5.24. The Labute approximate surface area is 90.4 Å². The van der Waals surface area contributed by atoms with Crippen molar-refractivity contribution in [2.45, 2.75) is 19.4 Å².